The van der Waals surface area contributed by atoms with E-state index in [9.17, 15) is 9.18 Å². The number of rotatable bonds is 7. The van der Waals surface area contributed by atoms with Gasteiger partial charge in [-0.25, -0.2) is 4.39 Å². The van der Waals surface area contributed by atoms with Crippen molar-refractivity contribution < 1.29 is 9.18 Å². The number of carbonyl (C=O) groups is 1. The molecule has 3 aromatic rings. The molecule has 1 amide bonds. The molecule has 1 aromatic heterocycles. The third-order valence-corrected chi connectivity index (χ3v) is 6.43. The lowest BCUT2D eigenvalue weighted by Gasteiger charge is -2.35. The fourth-order valence-electron chi connectivity index (χ4n) is 3.81. The van der Waals surface area contributed by atoms with Gasteiger partial charge in [-0.1, -0.05) is 54.6 Å². The molecule has 2 aromatic carbocycles. The van der Waals surface area contributed by atoms with E-state index < -0.39 is 0 Å². The van der Waals surface area contributed by atoms with Gasteiger partial charge < -0.3 is 4.90 Å². The molecule has 30 heavy (non-hydrogen) atoms. The number of carbonyl (C=O) groups excluding carboxylic acids is 1. The van der Waals surface area contributed by atoms with Crippen LogP contribution in [0.4, 0.5) is 4.39 Å². The molecule has 6 heteroatoms. The van der Waals surface area contributed by atoms with Crippen LogP contribution in [0.1, 0.15) is 22.0 Å². The number of nitrogens with one attached hydrogen (secondary N) is 1. The van der Waals surface area contributed by atoms with Gasteiger partial charge in [0.1, 0.15) is 5.82 Å². The normalized spacial score (nSPS) is 15.8. The molecule has 0 saturated carbocycles. The Labute approximate surface area is 180 Å². The highest BCUT2D eigenvalue weighted by molar-refractivity contribution is 7.10. The van der Waals surface area contributed by atoms with Crippen LogP contribution in [0.3, 0.4) is 0 Å². The van der Waals surface area contributed by atoms with Gasteiger partial charge in [-0.2, -0.15) is 0 Å². The topological polar surface area (TPSA) is 35.6 Å². The number of halogens is 1. The lowest BCUT2D eigenvalue weighted by molar-refractivity contribution is -0.132. The van der Waals surface area contributed by atoms with Crippen molar-refractivity contribution in [3.8, 4) is 0 Å². The highest BCUT2D eigenvalue weighted by atomic mass is 32.1. The van der Waals surface area contributed by atoms with E-state index in [2.05, 4.69) is 33.8 Å². The van der Waals surface area contributed by atoms with Gasteiger partial charge in [-0.05, 0) is 23.1 Å². The molecule has 1 aliphatic rings. The lowest BCUT2D eigenvalue weighted by Crippen LogP contribution is -2.50. The summed E-state index contributed by atoms with van der Waals surface area (Å²) in [5.41, 5.74) is 1.86. The van der Waals surface area contributed by atoms with Crippen molar-refractivity contribution >= 4 is 17.2 Å². The second kappa shape index (κ2) is 9.98. The summed E-state index contributed by atoms with van der Waals surface area (Å²) in [6, 6.07) is 21.3. The summed E-state index contributed by atoms with van der Waals surface area (Å²) in [6.07, 6.45) is 0. The molecule has 4 nitrogen and oxygen atoms in total. The van der Waals surface area contributed by atoms with Gasteiger partial charge in [0.15, 0.2) is 0 Å². The van der Waals surface area contributed by atoms with Crippen molar-refractivity contribution in [1.29, 1.82) is 0 Å². The molecule has 0 unspecified atom stereocenters. The Kier molecular flexibility index (Phi) is 6.89. The Morgan fingerprint density at radius 2 is 1.70 bits per heavy atom. The number of amides is 1. The SMILES string of the molecule is O=C(CN[C@H](c1ccccc1)c1cccs1)N1CCN(Cc2ccccc2F)CC1. The van der Waals surface area contributed by atoms with E-state index in [-0.39, 0.29) is 17.8 Å². The molecule has 2 heterocycles. The summed E-state index contributed by atoms with van der Waals surface area (Å²) >= 11 is 1.69. The number of hydrogen-bond acceptors (Lipinski definition) is 4. The smallest absolute Gasteiger partial charge is 0.236 e. The number of thiophene rings is 1. The zero-order valence-corrected chi connectivity index (χ0v) is 17.7. The number of piperazine rings is 1. The van der Waals surface area contributed by atoms with Gasteiger partial charge in [0, 0.05) is 43.2 Å². The molecule has 1 aliphatic heterocycles. The van der Waals surface area contributed by atoms with E-state index >= 15 is 0 Å². The molecule has 0 radical (unpaired) electrons. The predicted octanol–water partition coefficient (Wildman–Crippen LogP) is 3.91. The summed E-state index contributed by atoms with van der Waals surface area (Å²) in [7, 11) is 0. The molecule has 0 aliphatic carbocycles. The molecular weight excluding hydrogens is 397 g/mol. The maximum Gasteiger partial charge on any atom is 0.236 e. The second-order valence-electron chi connectivity index (χ2n) is 7.49. The molecule has 0 bridgehead atoms. The minimum Gasteiger partial charge on any atom is -0.339 e. The van der Waals surface area contributed by atoms with Crippen LogP contribution in [0.25, 0.3) is 0 Å². The average Bonchev–Trinajstić information content (AvgIpc) is 3.31. The first-order valence-corrected chi connectivity index (χ1v) is 11.1. The predicted molar refractivity (Wildman–Crippen MR) is 119 cm³/mol. The molecule has 1 fully saturated rings. The summed E-state index contributed by atoms with van der Waals surface area (Å²) in [5.74, 6) is -0.0567. The standard InChI is InChI=1S/C24H26FN3OS/c25-21-10-5-4-9-20(21)18-27-12-14-28(15-13-27)23(29)17-26-24(22-11-6-16-30-22)19-7-2-1-3-8-19/h1-11,16,24,26H,12-15,17-18H2/t24-/m1/s1. The van der Waals surface area contributed by atoms with E-state index in [1.165, 1.54) is 10.9 Å². The van der Waals surface area contributed by atoms with Crippen LogP contribution in [0.2, 0.25) is 0 Å². The van der Waals surface area contributed by atoms with Crippen molar-refractivity contribution in [2.75, 3.05) is 32.7 Å². The minimum atomic E-state index is -0.166. The fraction of sp³-hybridized carbons (Fsp3) is 0.292. The van der Waals surface area contributed by atoms with Crippen LogP contribution in [0.15, 0.2) is 72.1 Å². The Balaban J connectivity index is 1.30. The van der Waals surface area contributed by atoms with E-state index in [1.54, 1.807) is 17.4 Å². The van der Waals surface area contributed by atoms with Gasteiger partial charge in [-0.3, -0.25) is 15.0 Å². The van der Waals surface area contributed by atoms with Crippen LogP contribution in [0, 0.1) is 5.82 Å². The number of hydrogen-bond donors (Lipinski definition) is 1. The Morgan fingerprint density at radius 3 is 2.40 bits per heavy atom. The highest BCUT2D eigenvalue weighted by Crippen LogP contribution is 2.25. The lowest BCUT2D eigenvalue weighted by atomic mass is 10.1. The molecule has 1 N–H and O–H groups in total. The number of nitrogens with zero attached hydrogens (tertiary/aromatic N) is 2. The molecule has 156 valence electrons. The molecule has 4 rings (SSSR count). The van der Waals surface area contributed by atoms with Crippen LogP contribution in [-0.4, -0.2) is 48.4 Å². The van der Waals surface area contributed by atoms with Crippen LogP contribution in [-0.2, 0) is 11.3 Å². The molecular formula is C24H26FN3OS. The van der Waals surface area contributed by atoms with Crippen molar-refractivity contribution in [3.63, 3.8) is 0 Å². The van der Waals surface area contributed by atoms with Crippen molar-refractivity contribution in [2.24, 2.45) is 0 Å². The second-order valence-corrected chi connectivity index (χ2v) is 8.47. The maximum atomic E-state index is 13.9. The van der Waals surface area contributed by atoms with Crippen molar-refractivity contribution in [1.82, 2.24) is 15.1 Å². The van der Waals surface area contributed by atoms with Crippen LogP contribution < -0.4 is 5.32 Å². The summed E-state index contributed by atoms with van der Waals surface area (Å²) in [5, 5.41) is 5.51. The average molecular weight is 424 g/mol. The van der Waals surface area contributed by atoms with Crippen molar-refractivity contribution in [3.05, 3.63) is 93.9 Å². The highest BCUT2D eigenvalue weighted by Gasteiger charge is 2.23. The van der Waals surface area contributed by atoms with E-state index in [4.69, 9.17) is 0 Å². The summed E-state index contributed by atoms with van der Waals surface area (Å²) < 4.78 is 13.9. The van der Waals surface area contributed by atoms with Crippen LogP contribution >= 0.6 is 11.3 Å². The largest absolute Gasteiger partial charge is 0.339 e. The Morgan fingerprint density at radius 1 is 0.967 bits per heavy atom. The van der Waals surface area contributed by atoms with Crippen LogP contribution in [0.5, 0.6) is 0 Å². The quantitative estimate of drug-likeness (QED) is 0.626. The third-order valence-electron chi connectivity index (χ3n) is 5.49. The maximum absolute atomic E-state index is 13.9. The first-order chi connectivity index (χ1) is 14.7. The molecule has 1 saturated heterocycles. The number of benzene rings is 2. The zero-order valence-electron chi connectivity index (χ0n) is 16.8. The molecule has 0 spiro atoms. The van der Waals surface area contributed by atoms with Gasteiger partial charge in [0.05, 0.1) is 12.6 Å². The van der Waals surface area contributed by atoms with E-state index in [0.29, 0.717) is 31.7 Å². The Hall–Kier alpha value is -2.54. The van der Waals surface area contributed by atoms with E-state index in [0.717, 1.165) is 18.7 Å². The van der Waals surface area contributed by atoms with Gasteiger partial charge >= 0.3 is 0 Å². The van der Waals surface area contributed by atoms with E-state index in [1.807, 2.05) is 41.3 Å². The molecule has 1 atom stereocenters. The minimum absolute atomic E-state index is 0.0116. The first-order valence-electron chi connectivity index (χ1n) is 10.3. The first kappa shape index (κ1) is 20.7. The fourth-order valence-corrected chi connectivity index (χ4v) is 4.63. The summed E-state index contributed by atoms with van der Waals surface area (Å²) in [4.78, 5) is 18.1. The van der Waals surface area contributed by atoms with Gasteiger partial charge in [0.25, 0.3) is 0 Å². The van der Waals surface area contributed by atoms with Gasteiger partial charge in [-0.15, -0.1) is 11.3 Å². The zero-order chi connectivity index (χ0) is 20.8. The van der Waals surface area contributed by atoms with Crippen molar-refractivity contribution in [2.45, 2.75) is 12.6 Å². The van der Waals surface area contributed by atoms with Gasteiger partial charge in [0.2, 0.25) is 5.91 Å². The summed E-state index contributed by atoms with van der Waals surface area (Å²) in [6.45, 7) is 3.74. The Bertz CT molecular complexity index is 940. The monoisotopic (exact) mass is 423 g/mol. The third kappa shape index (κ3) is 5.14.